The molecule has 0 saturated carbocycles. The Bertz CT molecular complexity index is 403. The summed E-state index contributed by atoms with van der Waals surface area (Å²) in [7, 11) is 0. The first-order valence-electron chi connectivity index (χ1n) is 6.67. The second-order valence-electron chi connectivity index (χ2n) is 4.61. The first-order valence-corrected chi connectivity index (χ1v) is 6.67. The van der Waals surface area contributed by atoms with Crippen LogP contribution in [-0.2, 0) is 6.42 Å². The predicted molar refractivity (Wildman–Crippen MR) is 76.4 cm³/mol. The third-order valence-electron chi connectivity index (χ3n) is 3.24. The molecule has 1 atom stereocenters. The van der Waals surface area contributed by atoms with Crippen LogP contribution in [0.1, 0.15) is 18.9 Å². The second-order valence-corrected chi connectivity index (χ2v) is 4.61. The topological polar surface area (TPSA) is 33.3 Å². The summed E-state index contributed by atoms with van der Waals surface area (Å²) >= 11 is 0. The lowest BCUT2D eigenvalue weighted by Gasteiger charge is -2.21. The standard InChI is InChI=1S/C15H22N2O/c1-3-7-16-13(4-2)10-12-5-6-15-14(11-12)17-8-9-18-15/h3,5-6,11,13,16-17H,1,4,7-10H2,2H3. The van der Waals surface area contributed by atoms with Crippen molar-refractivity contribution in [3.8, 4) is 5.75 Å². The molecular formula is C15H22N2O. The maximum Gasteiger partial charge on any atom is 0.142 e. The van der Waals surface area contributed by atoms with E-state index in [2.05, 4.69) is 42.3 Å². The Hall–Kier alpha value is -1.48. The molecule has 1 aliphatic rings. The van der Waals surface area contributed by atoms with Gasteiger partial charge in [0, 0.05) is 19.1 Å². The van der Waals surface area contributed by atoms with Crippen LogP contribution in [0.3, 0.4) is 0 Å². The van der Waals surface area contributed by atoms with Crippen molar-refractivity contribution < 1.29 is 4.74 Å². The maximum absolute atomic E-state index is 5.58. The van der Waals surface area contributed by atoms with Gasteiger partial charge in [0.05, 0.1) is 5.69 Å². The van der Waals surface area contributed by atoms with Crippen molar-refractivity contribution in [2.45, 2.75) is 25.8 Å². The minimum Gasteiger partial charge on any atom is -0.490 e. The number of hydrogen-bond donors (Lipinski definition) is 2. The highest BCUT2D eigenvalue weighted by Crippen LogP contribution is 2.28. The van der Waals surface area contributed by atoms with Crippen LogP contribution in [0, 0.1) is 0 Å². The van der Waals surface area contributed by atoms with E-state index in [1.54, 1.807) is 0 Å². The number of benzene rings is 1. The number of ether oxygens (including phenoxy) is 1. The van der Waals surface area contributed by atoms with Gasteiger partial charge in [0.15, 0.2) is 0 Å². The molecule has 0 spiro atoms. The summed E-state index contributed by atoms with van der Waals surface area (Å²) in [5.41, 5.74) is 2.47. The molecule has 0 fully saturated rings. The molecule has 2 N–H and O–H groups in total. The van der Waals surface area contributed by atoms with E-state index < -0.39 is 0 Å². The summed E-state index contributed by atoms with van der Waals surface area (Å²) in [4.78, 5) is 0. The van der Waals surface area contributed by atoms with Gasteiger partial charge in [0.1, 0.15) is 12.4 Å². The third kappa shape index (κ3) is 3.26. The van der Waals surface area contributed by atoms with Gasteiger partial charge in [-0.2, -0.15) is 0 Å². The summed E-state index contributed by atoms with van der Waals surface area (Å²) in [5, 5.41) is 6.85. The monoisotopic (exact) mass is 246 g/mol. The molecule has 0 radical (unpaired) electrons. The van der Waals surface area contributed by atoms with Crippen molar-refractivity contribution in [3.63, 3.8) is 0 Å². The molecule has 1 aromatic carbocycles. The summed E-state index contributed by atoms with van der Waals surface area (Å²) in [6, 6.07) is 6.93. The number of anilines is 1. The van der Waals surface area contributed by atoms with Crippen molar-refractivity contribution in [1.29, 1.82) is 0 Å². The lowest BCUT2D eigenvalue weighted by atomic mass is 10.0. The fourth-order valence-corrected chi connectivity index (χ4v) is 2.21. The molecule has 18 heavy (non-hydrogen) atoms. The molecule has 0 amide bonds. The zero-order chi connectivity index (χ0) is 12.8. The summed E-state index contributed by atoms with van der Waals surface area (Å²) in [6.07, 6.45) is 4.07. The molecule has 1 heterocycles. The van der Waals surface area contributed by atoms with Crippen molar-refractivity contribution in [2.24, 2.45) is 0 Å². The van der Waals surface area contributed by atoms with E-state index in [4.69, 9.17) is 4.74 Å². The van der Waals surface area contributed by atoms with Crippen LogP contribution in [0.15, 0.2) is 30.9 Å². The normalized spacial score (nSPS) is 15.2. The SMILES string of the molecule is C=CCNC(CC)Cc1ccc2c(c1)NCCO2. The number of hydrogen-bond acceptors (Lipinski definition) is 3. The summed E-state index contributed by atoms with van der Waals surface area (Å²) in [5.74, 6) is 0.970. The number of fused-ring (bicyclic) bond motifs is 1. The van der Waals surface area contributed by atoms with Crippen LogP contribution < -0.4 is 15.4 Å². The van der Waals surface area contributed by atoms with Crippen LogP contribution in [0.25, 0.3) is 0 Å². The van der Waals surface area contributed by atoms with Crippen molar-refractivity contribution in [1.82, 2.24) is 5.32 Å². The average Bonchev–Trinajstić information content (AvgIpc) is 2.43. The quantitative estimate of drug-likeness (QED) is 0.757. The molecule has 0 aromatic heterocycles. The Kier molecular flexibility index (Phi) is 4.65. The third-order valence-corrected chi connectivity index (χ3v) is 3.24. The number of nitrogens with one attached hydrogen (secondary N) is 2. The Balaban J connectivity index is 2.01. The van der Waals surface area contributed by atoms with E-state index in [1.165, 1.54) is 5.56 Å². The highest BCUT2D eigenvalue weighted by Gasteiger charge is 2.12. The van der Waals surface area contributed by atoms with Gasteiger partial charge in [-0.15, -0.1) is 6.58 Å². The molecular weight excluding hydrogens is 224 g/mol. The minimum absolute atomic E-state index is 0.505. The van der Waals surface area contributed by atoms with Gasteiger partial charge in [-0.1, -0.05) is 19.1 Å². The summed E-state index contributed by atoms with van der Waals surface area (Å²) in [6.45, 7) is 8.46. The molecule has 98 valence electrons. The Morgan fingerprint density at radius 2 is 2.44 bits per heavy atom. The van der Waals surface area contributed by atoms with Gasteiger partial charge in [0.25, 0.3) is 0 Å². The molecule has 1 aliphatic heterocycles. The van der Waals surface area contributed by atoms with Crippen molar-refractivity contribution in [3.05, 3.63) is 36.4 Å². The molecule has 3 heteroatoms. The Morgan fingerprint density at radius 1 is 1.56 bits per heavy atom. The zero-order valence-electron chi connectivity index (χ0n) is 11.0. The fraction of sp³-hybridized carbons (Fsp3) is 0.467. The molecule has 1 aromatic rings. The van der Waals surface area contributed by atoms with E-state index in [1.807, 2.05) is 6.08 Å². The molecule has 2 rings (SSSR count). The van der Waals surface area contributed by atoms with Gasteiger partial charge in [0.2, 0.25) is 0 Å². The Labute approximate surface area is 109 Å². The van der Waals surface area contributed by atoms with Gasteiger partial charge < -0.3 is 15.4 Å². The summed E-state index contributed by atoms with van der Waals surface area (Å²) < 4.78 is 5.58. The lowest BCUT2D eigenvalue weighted by Crippen LogP contribution is -2.30. The van der Waals surface area contributed by atoms with E-state index in [0.29, 0.717) is 6.04 Å². The molecule has 0 saturated heterocycles. The van der Waals surface area contributed by atoms with Crippen LogP contribution in [0.5, 0.6) is 5.75 Å². The minimum atomic E-state index is 0.505. The zero-order valence-corrected chi connectivity index (χ0v) is 11.0. The highest BCUT2D eigenvalue weighted by atomic mass is 16.5. The molecule has 0 aliphatic carbocycles. The van der Waals surface area contributed by atoms with Crippen molar-refractivity contribution in [2.75, 3.05) is 25.0 Å². The largest absolute Gasteiger partial charge is 0.490 e. The van der Waals surface area contributed by atoms with Crippen molar-refractivity contribution >= 4 is 5.69 Å². The molecule has 0 bridgehead atoms. The van der Waals surface area contributed by atoms with E-state index >= 15 is 0 Å². The smallest absolute Gasteiger partial charge is 0.142 e. The van der Waals surface area contributed by atoms with Crippen LogP contribution in [0.2, 0.25) is 0 Å². The van der Waals surface area contributed by atoms with E-state index in [9.17, 15) is 0 Å². The highest BCUT2D eigenvalue weighted by molar-refractivity contribution is 5.59. The average molecular weight is 246 g/mol. The fourth-order valence-electron chi connectivity index (χ4n) is 2.21. The van der Waals surface area contributed by atoms with Gasteiger partial charge >= 0.3 is 0 Å². The van der Waals surface area contributed by atoms with Crippen LogP contribution in [-0.4, -0.2) is 25.7 Å². The molecule has 3 nitrogen and oxygen atoms in total. The van der Waals surface area contributed by atoms with Crippen LogP contribution in [0.4, 0.5) is 5.69 Å². The van der Waals surface area contributed by atoms with Crippen LogP contribution >= 0.6 is 0 Å². The first-order chi connectivity index (χ1) is 8.83. The molecule has 1 unspecified atom stereocenters. The lowest BCUT2D eigenvalue weighted by molar-refractivity contribution is 0.323. The second kappa shape index (κ2) is 6.45. The first kappa shape index (κ1) is 13.0. The van der Waals surface area contributed by atoms with Gasteiger partial charge in [-0.3, -0.25) is 0 Å². The Morgan fingerprint density at radius 3 is 3.22 bits per heavy atom. The van der Waals surface area contributed by atoms with Gasteiger partial charge in [-0.25, -0.2) is 0 Å². The van der Waals surface area contributed by atoms with Gasteiger partial charge in [-0.05, 0) is 30.5 Å². The maximum atomic E-state index is 5.58. The van der Waals surface area contributed by atoms with E-state index in [-0.39, 0.29) is 0 Å². The van der Waals surface area contributed by atoms with E-state index in [0.717, 1.165) is 44.0 Å². The number of rotatable bonds is 6. The predicted octanol–water partition coefficient (Wildman–Crippen LogP) is 2.59.